The molecule has 1 aromatic heterocycles. The number of benzene rings is 3. The van der Waals surface area contributed by atoms with Gasteiger partial charge < -0.3 is 15.3 Å². The van der Waals surface area contributed by atoms with Gasteiger partial charge >= 0.3 is 11.5 Å². The molecule has 0 saturated heterocycles. The van der Waals surface area contributed by atoms with Gasteiger partial charge in [-0.3, -0.25) is 0 Å². The highest BCUT2D eigenvalue weighted by Gasteiger charge is 2.20. The highest BCUT2D eigenvalue weighted by atomic mass is 16.9. The van der Waals surface area contributed by atoms with Crippen LogP contribution in [0.2, 0.25) is 0 Å². The van der Waals surface area contributed by atoms with Gasteiger partial charge in [-0.05, 0) is 29.8 Å². The first-order valence-electron chi connectivity index (χ1n) is 8.59. The molecule has 0 spiro atoms. The maximum Gasteiger partial charge on any atom is 0.361 e. The van der Waals surface area contributed by atoms with E-state index in [1.54, 1.807) is 0 Å². The minimum Gasteiger partial charge on any atom is -0.356 e. The van der Waals surface area contributed by atoms with Crippen LogP contribution in [0.4, 0.5) is 0 Å². The van der Waals surface area contributed by atoms with E-state index in [1.807, 2.05) is 42.5 Å². The molecule has 0 saturated carbocycles. The van der Waals surface area contributed by atoms with Crippen molar-refractivity contribution in [3.63, 3.8) is 0 Å². The Kier molecular flexibility index (Phi) is 6.10. The van der Waals surface area contributed by atoms with E-state index in [0.29, 0.717) is 0 Å². The first-order valence-corrected chi connectivity index (χ1v) is 8.59. The Morgan fingerprint density at radius 2 is 0.857 bits per heavy atom. The van der Waals surface area contributed by atoms with E-state index >= 15 is 0 Å². The van der Waals surface area contributed by atoms with Crippen LogP contribution in [-0.2, 0) is 0 Å². The summed E-state index contributed by atoms with van der Waals surface area (Å²) in [5.74, 6) is 1.74. The van der Waals surface area contributed by atoms with Crippen molar-refractivity contribution in [2.24, 2.45) is 0 Å². The van der Waals surface area contributed by atoms with Crippen molar-refractivity contribution in [1.82, 2.24) is 0 Å². The molecule has 0 bridgehead atoms. The SMILES string of the molecule is O=[N+]([O-])[O-].c1ccc(-c2cc(-c3ccccc3)[o+]c(-c3ccccc3)c2)cc1. The third-order valence-electron chi connectivity index (χ3n) is 4.02. The van der Waals surface area contributed by atoms with E-state index in [0.717, 1.165) is 28.2 Å². The van der Waals surface area contributed by atoms with Crippen molar-refractivity contribution in [3.05, 3.63) is 118 Å². The maximum atomic E-state index is 8.25. The van der Waals surface area contributed by atoms with Crippen molar-refractivity contribution >= 4 is 0 Å². The molecule has 4 rings (SSSR count). The predicted molar refractivity (Wildman–Crippen MR) is 110 cm³/mol. The Bertz CT molecular complexity index is 892. The molecular weight excluding hydrogens is 354 g/mol. The van der Waals surface area contributed by atoms with Gasteiger partial charge in [-0.15, -0.1) is 0 Å². The van der Waals surface area contributed by atoms with Crippen molar-refractivity contribution in [2.45, 2.75) is 0 Å². The highest BCUT2D eigenvalue weighted by molar-refractivity contribution is 5.74. The summed E-state index contributed by atoms with van der Waals surface area (Å²) in [6.07, 6.45) is 0. The van der Waals surface area contributed by atoms with Gasteiger partial charge in [0.2, 0.25) is 0 Å². The van der Waals surface area contributed by atoms with E-state index in [-0.39, 0.29) is 0 Å². The molecule has 0 amide bonds. The van der Waals surface area contributed by atoms with Crippen LogP contribution in [0, 0.1) is 15.3 Å². The first-order chi connectivity index (χ1) is 13.6. The molecule has 0 aliphatic carbocycles. The fourth-order valence-corrected chi connectivity index (χ4v) is 2.79. The maximum absolute atomic E-state index is 8.25. The standard InChI is InChI=1S/C23H17O.NO3/c1-4-10-18(11-5-1)21-16-22(19-12-6-2-7-13-19)24-23(17-21)20-14-8-3-9-15-20;2-1(3)4/h1-17H;/q+1;-1. The number of nitrogens with zero attached hydrogens (tertiary/aromatic N) is 1. The van der Waals surface area contributed by atoms with E-state index in [2.05, 4.69) is 60.7 Å². The Morgan fingerprint density at radius 1 is 0.536 bits per heavy atom. The zero-order valence-electron chi connectivity index (χ0n) is 14.9. The van der Waals surface area contributed by atoms with Crippen LogP contribution in [0.25, 0.3) is 33.8 Å². The van der Waals surface area contributed by atoms with Gasteiger partial charge in [-0.25, -0.2) is 4.42 Å². The van der Waals surface area contributed by atoms with Crippen LogP contribution in [0.5, 0.6) is 0 Å². The Balaban J connectivity index is 0.000000516. The second-order valence-electron chi connectivity index (χ2n) is 5.90. The molecule has 0 atom stereocenters. The number of hydrogen-bond donors (Lipinski definition) is 0. The fourth-order valence-electron chi connectivity index (χ4n) is 2.79. The van der Waals surface area contributed by atoms with Crippen LogP contribution in [0.3, 0.4) is 0 Å². The zero-order chi connectivity index (χ0) is 19.8. The topological polar surface area (TPSA) is 77.5 Å². The van der Waals surface area contributed by atoms with Crippen molar-refractivity contribution in [3.8, 4) is 33.8 Å². The van der Waals surface area contributed by atoms with Crippen LogP contribution >= 0.6 is 0 Å². The second kappa shape index (κ2) is 9.09. The van der Waals surface area contributed by atoms with E-state index in [4.69, 9.17) is 19.7 Å². The quantitative estimate of drug-likeness (QED) is 0.240. The summed E-state index contributed by atoms with van der Waals surface area (Å²) in [4.78, 5) is 8.25. The highest BCUT2D eigenvalue weighted by Crippen LogP contribution is 2.32. The summed E-state index contributed by atoms with van der Waals surface area (Å²) < 4.78 is 6.21. The summed E-state index contributed by atoms with van der Waals surface area (Å²) >= 11 is 0. The Labute approximate surface area is 162 Å². The van der Waals surface area contributed by atoms with E-state index in [9.17, 15) is 0 Å². The summed E-state index contributed by atoms with van der Waals surface area (Å²) in [6, 6.07) is 35.1. The number of rotatable bonds is 3. The van der Waals surface area contributed by atoms with E-state index < -0.39 is 5.09 Å². The zero-order valence-corrected chi connectivity index (χ0v) is 14.9. The number of hydrogen-bond acceptors (Lipinski definition) is 3. The van der Waals surface area contributed by atoms with E-state index in [1.165, 1.54) is 5.56 Å². The summed E-state index contributed by atoms with van der Waals surface area (Å²) in [5.41, 5.74) is 4.49. The molecule has 0 radical (unpaired) electrons. The van der Waals surface area contributed by atoms with Crippen LogP contribution in [-0.4, -0.2) is 5.09 Å². The summed E-state index contributed by atoms with van der Waals surface area (Å²) in [7, 11) is 0. The largest absolute Gasteiger partial charge is 0.361 e. The molecule has 0 fully saturated rings. The van der Waals surface area contributed by atoms with Gasteiger partial charge in [0, 0.05) is 5.56 Å². The Morgan fingerprint density at radius 3 is 1.21 bits per heavy atom. The molecule has 1 heterocycles. The lowest BCUT2D eigenvalue weighted by molar-refractivity contribution is -0.402. The molecule has 5 heteroatoms. The van der Waals surface area contributed by atoms with Gasteiger partial charge in [0.1, 0.15) is 0 Å². The molecule has 0 aliphatic heterocycles. The average Bonchev–Trinajstić information content (AvgIpc) is 2.75. The summed E-state index contributed by atoms with van der Waals surface area (Å²) in [6.45, 7) is 0. The van der Waals surface area contributed by atoms with Crippen molar-refractivity contribution in [1.29, 1.82) is 0 Å². The molecule has 3 aromatic carbocycles. The fraction of sp³-hybridized carbons (Fsp3) is 0. The molecule has 0 unspecified atom stereocenters. The van der Waals surface area contributed by atoms with Gasteiger partial charge in [-0.1, -0.05) is 66.7 Å². The minimum absolute atomic E-state index is 0.871. The van der Waals surface area contributed by atoms with Crippen LogP contribution in [0.1, 0.15) is 0 Å². The van der Waals surface area contributed by atoms with Crippen molar-refractivity contribution in [2.75, 3.05) is 0 Å². The predicted octanol–water partition coefficient (Wildman–Crippen LogP) is 6.32. The Hall–Kier alpha value is -3.99. The molecular formula is C23H17NO4. The third kappa shape index (κ3) is 5.02. The minimum atomic E-state index is -1.75. The van der Waals surface area contributed by atoms with Gasteiger partial charge in [0.25, 0.3) is 0 Å². The lowest BCUT2D eigenvalue weighted by Crippen LogP contribution is -1.85. The molecule has 28 heavy (non-hydrogen) atoms. The smallest absolute Gasteiger partial charge is 0.356 e. The molecule has 138 valence electrons. The normalized spacial score (nSPS) is 9.86. The van der Waals surface area contributed by atoms with Gasteiger partial charge in [0.05, 0.1) is 28.3 Å². The van der Waals surface area contributed by atoms with Crippen molar-refractivity contribution < 1.29 is 9.50 Å². The molecule has 0 N–H and O–H groups in total. The molecule has 0 aliphatic rings. The average molecular weight is 371 g/mol. The van der Waals surface area contributed by atoms with Gasteiger partial charge in [0.15, 0.2) is 0 Å². The molecule has 5 nitrogen and oxygen atoms in total. The molecule has 4 aromatic rings. The third-order valence-corrected chi connectivity index (χ3v) is 4.02. The van der Waals surface area contributed by atoms with Crippen LogP contribution in [0.15, 0.2) is 108 Å². The monoisotopic (exact) mass is 371 g/mol. The van der Waals surface area contributed by atoms with Gasteiger partial charge in [-0.2, -0.15) is 0 Å². The lowest BCUT2D eigenvalue weighted by Gasteiger charge is -2.02. The van der Waals surface area contributed by atoms with Crippen LogP contribution < -0.4 is 0 Å². The summed E-state index contributed by atoms with van der Waals surface area (Å²) in [5, 5.41) is 14.8. The lowest BCUT2D eigenvalue weighted by atomic mass is 10.0. The second-order valence-corrected chi connectivity index (χ2v) is 5.90. The first kappa shape index (κ1) is 18.8.